The first-order valence-corrected chi connectivity index (χ1v) is 7.52. The Hall–Kier alpha value is -1.31. The van der Waals surface area contributed by atoms with Gasteiger partial charge in [-0.3, -0.25) is 0 Å². The number of rotatable bonds is 9. The van der Waals surface area contributed by atoms with Crippen molar-refractivity contribution in [2.75, 3.05) is 54.1 Å². The predicted molar refractivity (Wildman–Crippen MR) is 85.3 cm³/mol. The largest absolute Gasteiger partial charge is 0.359 e. The molecule has 0 radical (unpaired) electrons. The third-order valence-electron chi connectivity index (χ3n) is 3.80. The zero-order valence-corrected chi connectivity index (χ0v) is 13.6. The van der Waals surface area contributed by atoms with E-state index in [0.717, 1.165) is 17.7 Å². The van der Waals surface area contributed by atoms with Crippen molar-refractivity contribution < 1.29 is 23.3 Å². The van der Waals surface area contributed by atoms with Gasteiger partial charge in [-0.2, -0.15) is 0 Å². The average Bonchev–Trinajstić information content (AvgIpc) is 2.57. The minimum Gasteiger partial charge on any atom is -0.359 e. The second-order valence-corrected chi connectivity index (χ2v) is 5.55. The molecule has 0 saturated carbocycles. The van der Waals surface area contributed by atoms with Crippen molar-refractivity contribution in [1.82, 2.24) is 5.32 Å². The van der Waals surface area contributed by atoms with E-state index in [1.54, 1.807) is 26.4 Å². The molecule has 0 spiro atoms. The van der Waals surface area contributed by atoms with Gasteiger partial charge in [0.2, 0.25) is 0 Å². The predicted octanol–water partition coefficient (Wildman–Crippen LogP) is 2.04. The lowest BCUT2D eigenvalue weighted by atomic mass is 9.76. The summed E-state index contributed by atoms with van der Waals surface area (Å²) in [6.07, 6.45) is 2.10. The van der Waals surface area contributed by atoms with Gasteiger partial charge in [-0.25, -0.2) is 4.39 Å². The smallest absolute Gasteiger partial charge is 0.146 e. The van der Waals surface area contributed by atoms with E-state index in [-0.39, 0.29) is 24.8 Å². The summed E-state index contributed by atoms with van der Waals surface area (Å²) in [4.78, 5) is 0. The van der Waals surface area contributed by atoms with Crippen LogP contribution in [0, 0.1) is 11.2 Å². The van der Waals surface area contributed by atoms with Crippen molar-refractivity contribution in [3.63, 3.8) is 0 Å². The van der Waals surface area contributed by atoms with E-state index in [9.17, 15) is 4.39 Å². The monoisotopic (exact) mass is 325 g/mol. The van der Waals surface area contributed by atoms with Crippen molar-refractivity contribution in [3.8, 4) is 0 Å². The maximum Gasteiger partial charge on any atom is 0.146 e. The van der Waals surface area contributed by atoms with Crippen LogP contribution in [-0.4, -0.2) is 54.1 Å². The highest BCUT2D eigenvalue weighted by molar-refractivity contribution is 5.72. The SMILES string of the molecule is COCOCC1(COCOC)CNCC=C1c1ccc(F)cc1. The first-order valence-electron chi connectivity index (χ1n) is 7.52. The summed E-state index contributed by atoms with van der Waals surface area (Å²) in [5.74, 6) is -0.250. The highest BCUT2D eigenvalue weighted by Crippen LogP contribution is 2.37. The summed E-state index contributed by atoms with van der Waals surface area (Å²) < 4.78 is 34.5. The lowest BCUT2D eigenvalue weighted by molar-refractivity contribution is -0.0934. The van der Waals surface area contributed by atoms with Crippen LogP contribution in [0.1, 0.15) is 5.56 Å². The molecule has 1 aromatic carbocycles. The highest BCUT2D eigenvalue weighted by atomic mass is 19.1. The van der Waals surface area contributed by atoms with Crippen molar-refractivity contribution in [3.05, 3.63) is 41.7 Å². The topological polar surface area (TPSA) is 49.0 Å². The Morgan fingerprint density at radius 1 is 1.04 bits per heavy atom. The second-order valence-electron chi connectivity index (χ2n) is 5.55. The molecule has 0 aliphatic carbocycles. The van der Waals surface area contributed by atoms with Gasteiger partial charge in [0, 0.05) is 27.3 Å². The maximum absolute atomic E-state index is 13.2. The molecule has 0 amide bonds. The molecule has 128 valence electrons. The molecule has 0 bridgehead atoms. The van der Waals surface area contributed by atoms with Gasteiger partial charge in [0.25, 0.3) is 0 Å². The zero-order valence-electron chi connectivity index (χ0n) is 13.6. The van der Waals surface area contributed by atoms with E-state index in [1.165, 1.54) is 12.1 Å². The summed E-state index contributed by atoms with van der Waals surface area (Å²) >= 11 is 0. The molecule has 1 N–H and O–H groups in total. The molecule has 0 aromatic heterocycles. The Morgan fingerprint density at radius 2 is 1.65 bits per heavy atom. The third kappa shape index (κ3) is 4.83. The van der Waals surface area contributed by atoms with E-state index in [0.29, 0.717) is 19.8 Å². The Labute approximate surface area is 136 Å². The summed E-state index contributed by atoms with van der Waals surface area (Å²) in [6.45, 7) is 2.74. The quantitative estimate of drug-likeness (QED) is 0.556. The van der Waals surface area contributed by atoms with Gasteiger partial charge < -0.3 is 24.3 Å². The molecule has 5 nitrogen and oxygen atoms in total. The van der Waals surface area contributed by atoms with E-state index >= 15 is 0 Å². The average molecular weight is 325 g/mol. The van der Waals surface area contributed by atoms with Crippen LogP contribution in [0.5, 0.6) is 0 Å². The molecule has 0 fully saturated rings. The number of hydrogen-bond acceptors (Lipinski definition) is 5. The summed E-state index contributed by atoms with van der Waals surface area (Å²) in [7, 11) is 3.17. The Kier molecular flexibility index (Phi) is 7.14. The Balaban J connectivity index is 2.25. The fourth-order valence-electron chi connectivity index (χ4n) is 2.79. The summed E-state index contributed by atoms with van der Waals surface area (Å²) in [6, 6.07) is 6.51. The molecular formula is C17H24FNO4. The number of nitrogens with one attached hydrogen (secondary N) is 1. The molecule has 2 rings (SSSR count). The number of halogens is 1. The van der Waals surface area contributed by atoms with Crippen molar-refractivity contribution in [2.24, 2.45) is 5.41 Å². The van der Waals surface area contributed by atoms with Crippen molar-refractivity contribution in [1.29, 1.82) is 0 Å². The van der Waals surface area contributed by atoms with E-state index in [1.807, 2.05) is 0 Å². The van der Waals surface area contributed by atoms with E-state index < -0.39 is 0 Å². The van der Waals surface area contributed by atoms with Crippen LogP contribution in [0.3, 0.4) is 0 Å². The molecule has 0 atom stereocenters. The van der Waals surface area contributed by atoms with Crippen molar-refractivity contribution in [2.45, 2.75) is 0 Å². The van der Waals surface area contributed by atoms with E-state index in [2.05, 4.69) is 11.4 Å². The lowest BCUT2D eigenvalue weighted by Crippen LogP contribution is -2.46. The van der Waals surface area contributed by atoms with Gasteiger partial charge in [-0.05, 0) is 23.3 Å². The van der Waals surface area contributed by atoms with Crippen LogP contribution in [0.2, 0.25) is 0 Å². The molecule has 6 heteroatoms. The molecule has 1 aromatic rings. The molecule has 0 saturated heterocycles. The molecule has 23 heavy (non-hydrogen) atoms. The first kappa shape index (κ1) is 18.0. The maximum atomic E-state index is 13.2. The van der Waals surface area contributed by atoms with Crippen LogP contribution in [0.15, 0.2) is 30.3 Å². The van der Waals surface area contributed by atoms with Crippen LogP contribution >= 0.6 is 0 Å². The van der Waals surface area contributed by atoms with Gasteiger partial charge in [0.05, 0.1) is 18.6 Å². The fourth-order valence-corrected chi connectivity index (χ4v) is 2.79. The molecule has 0 unspecified atom stereocenters. The minimum atomic E-state index is -0.382. The van der Waals surface area contributed by atoms with E-state index in [4.69, 9.17) is 18.9 Å². The number of hydrogen-bond donors (Lipinski definition) is 1. The van der Waals surface area contributed by atoms with Gasteiger partial charge in [-0.1, -0.05) is 18.2 Å². The number of ether oxygens (including phenoxy) is 4. The zero-order chi connectivity index (χ0) is 16.5. The van der Waals surface area contributed by atoms with Gasteiger partial charge in [0.1, 0.15) is 19.4 Å². The summed E-state index contributed by atoms with van der Waals surface area (Å²) in [5.41, 5.74) is 1.67. The van der Waals surface area contributed by atoms with Gasteiger partial charge in [0.15, 0.2) is 0 Å². The number of methoxy groups -OCH3 is 2. The minimum absolute atomic E-state index is 0.211. The van der Waals surface area contributed by atoms with Crippen LogP contribution in [-0.2, 0) is 18.9 Å². The molecule has 1 aliphatic heterocycles. The second kappa shape index (κ2) is 9.10. The van der Waals surface area contributed by atoms with Crippen molar-refractivity contribution >= 4 is 5.57 Å². The standard InChI is InChI=1S/C17H24FNO4/c1-20-12-22-10-17(11-23-13-21-2)9-19-8-7-16(17)14-3-5-15(18)6-4-14/h3-7,19H,8-13H2,1-2H3. The highest BCUT2D eigenvalue weighted by Gasteiger charge is 2.37. The Morgan fingerprint density at radius 3 is 2.22 bits per heavy atom. The van der Waals surface area contributed by atoms with Crippen LogP contribution in [0.4, 0.5) is 4.39 Å². The summed E-state index contributed by atoms with van der Waals surface area (Å²) in [5, 5.41) is 3.35. The van der Waals surface area contributed by atoms with Crippen LogP contribution in [0.25, 0.3) is 5.57 Å². The third-order valence-corrected chi connectivity index (χ3v) is 3.80. The fraction of sp³-hybridized carbons (Fsp3) is 0.529. The lowest BCUT2D eigenvalue weighted by Gasteiger charge is -2.39. The first-order chi connectivity index (χ1) is 11.2. The molecule has 1 aliphatic rings. The Bertz CT molecular complexity index is 494. The number of benzene rings is 1. The van der Waals surface area contributed by atoms with Gasteiger partial charge in [-0.15, -0.1) is 0 Å². The molecular weight excluding hydrogens is 301 g/mol. The molecule has 1 heterocycles. The van der Waals surface area contributed by atoms with Crippen LogP contribution < -0.4 is 5.32 Å². The van der Waals surface area contributed by atoms with Gasteiger partial charge >= 0.3 is 0 Å². The normalized spacial score (nSPS) is 17.1.